The molecule has 0 atom stereocenters. The normalized spacial score (nSPS) is 20.5. The summed E-state index contributed by atoms with van der Waals surface area (Å²) in [5, 5.41) is 0. The van der Waals surface area contributed by atoms with E-state index in [0.717, 1.165) is 0 Å². The van der Waals surface area contributed by atoms with E-state index in [1.54, 1.807) is 5.57 Å². The van der Waals surface area contributed by atoms with Crippen LogP contribution in [0, 0.1) is 0 Å². The highest BCUT2D eigenvalue weighted by Gasteiger charge is 2.07. The van der Waals surface area contributed by atoms with E-state index < -0.39 is 8.07 Å². The number of hydrogen-bond donors (Lipinski definition) is 0. The van der Waals surface area contributed by atoms with Gasteiger partial charge in [-0.25, -0.2) is 0 Å². The first-order valence-electron chi connectivity index (χ1n) is 8.03. The van der Waals surface area contributed by atoms with Crippen molar-refractivity contribution in [1.29, 1.82) is 0 Å². The van der Waals surface area contributed by atoms with Crippen LogP contribution in [0.5, 0.6) is 0 Å². The number of rotatable bonds is 1. The first-order valence-corrected chi connectivity index (χ1v) is 11.6. The van der Waals surface area contributed by atoms with Gasteiger partial charge in [0.15, 0.2) is 0 Å². The van der Waals surface area contributed by atoms with Crippen LogP contribution in [0.3, 0.4) is 0 Å². The van der Waals surface area contributed by atoms with Gasteiger partial charge in [-0.2, -0.15) is 0 Å². The fraction of sp³-hybridized carbons (Fsp3) is 0.824. The lowest BCUT2D eigenvalue weighted by molar-refractivity contribution is 0.540. The average Bonchev–Trinajstić information content (AvgIpc) is 2.27. The van der Waals surface area contributed by atoms with Gasteiger partial charge in [0, 0.05) is 0 Å². The van der Waals surface area contributed by atoms with Crippen LogP contribution < -0.4 is 0 Å². The standard InChI is InChI=1S/C17H32Si/c1-18(2,3)16-15-17-13-11-9-7-5-4-6-8-10-12-14-17/h16H,4-14H2,1-3H3. The van der Waals surface area contributed by atoms with Gasteiger partial charge in [-0.15, -0.1) is 5.73 Å². The summed E-state index contributed by atoms with van der Waals surface area (Å²) in [5.74, 6) is 0. The Bertz CT molecular complexity index is 262. The first kappa shape index (κ1) is 15.8. The lowest BCUT2D eigenvalue weighted by atomic mass is 9.98. The highest BCUT2D eigenvalue weighted by molar-refractivity contribution is 6.80. The number of allylic oxidation sites excluding steroid dienone is 1. The molecule has 0 aromatic heterocycles. The molecule has 1 rings (SSSR count). The molecule has 1 heteroatoms. The van der Waals surface area contributed by atoms with Crippen molar-refractivity contribution >= 4 is 8.07 Å². The van der Waals surface area contributed by atoms with Gasteiger partial charge < -0.3 is 0 Å². The molecular weight excluding hydrogens is 232 g/mol. The molecule has 104 valence electrons. The van der Waals surface area contributed by atoms with E-state index in [1.165, 1.54) is 70.6 Å². The van der Waals surface area contributed by atoms with Crippen molar-refractivity contribution in [1.82, 2.24) is 0 Å². The molecule has 0 aromatic rings. The minimum Gasteiger partial charge on any atom is -0.130 e. The average molecular weight is 265 g/mol. The van der Waals surface area contributed by atoms with E-state index in [2.05, 4.69) is 31.1 Å². The van der Waals surface area contributed by atoms with E-state index in [1.807, 2.05) is 0 Å². The van der Waals surface area contributed by atoms with Crippen LogP contribution in [0.2, 0.25) is 19.6 Å². The highest BCUT2D eigenvalue weighted by Crippen LogP contribution is 2.20. The summed E-state index contributed by atoms with van der Waals surface area (Å²) in [6, 6.07) is 0. The van der Waals surface area contributed by atoms with Crippen LogP contribution in [0.1, 0.15) is 70.6 Å². The molecule has 0 unspecified atom stereocenters. The maximum Gasteiger partial charge on any atom is 0.0781 e. The number of hydrogen-bond acceptors (Lipinski definition) is 0. The van der Waals surface area contributed by atoms with Gasteiger partial charge >= 0.3 is 0 Å². The Morgan fingerprint density at radius 2 is 1.11 bits per heavy atom. The molecule has 0 aromatic carbocycles. The molecule has 1 fully saturated rings. The molecule has 0 N–H and O–H groups in total. The first-order chi connectivity index (χ1) is 8.58. The third-order valence-corrected chi connectivity index (χ3v) is 4.68. The van der Waals surface area contributed by atoms with Gasteiger partial charge in [-0.05, 0) is 31.3 Å². The zero-order valence-corrected chi connectivity index (χ0v) is 13.9. The maximum atomic E-state index is 3.67. The summed E-state index contributed by atoms with van der Waals surface area (Å²) in [6.07, 6.45) is 15.5. The zero-order chi connectivity index (χ0) is 13.3. The molecule has 1 saturated carbocycles. The van der Waals surface area contributed by atoms with Gasteiger partial charge in [0.2, 0.25) is 0 Å². The van der Waals surface area contributed by atoms with Crippen molar-refractivity contribution in [3.05, 3.63) is 17.0 Å². The topological polar surface area (TPSA) is 0 Å². The van der Waals surface area contributed by atoms with Crippen LogP contribution in [-0.2, 0) is 0 Å². The van der Waals surface area contributed by atoms with Crippen LogP contribution in [0.15, 0.2) is 17.0 Å². The highest BCUT2D eigenvalue weighted by atomic mass is 28.3. The molecule has 0 spiro atoms. The van der Waals surface area contributed by atoms with E-state index in [4.69, 9.17) is 0 Å². The van der Waals surface area contributed by atoms with Crippen LogP contribution in [0.4, 0.5) is 0 Å². The van der Waals surface area contributed by atoms with Crippen molar-refractivity contribution in [3.8, 4) is 0 Å². The lowest BCUT2D eigenvalue weighted by Crippen LogP contribution is -2.14. The van der Waals surface area contributed by atoms with E-state index in [-0.39, 0.29) is 0 Å². The molecule has 0 saturated heterocycles. The predicted octanol–water partition coefficient (Wildman–Crippen LogP) is 6.25. The molecule has 18 heavy (non-hydrogen) atoms. The second kappa shape index (κ2) is 8.77. The third kappa shape index (κ3) is 8.77. The van der Waals surface area contributed by atoms with Crippen molar-refractivity contribution in [2.45, 2.75) is 90.3 Å². The summed E-state index contributed by atoms with van der Waals surface area (Å²) in [4.78, 5) is 0. The molecule has 0 amide bonds. The second-order valence-corrected chi connectivity index (χ2v) is 12.0. The van der Waals surface area contributed by atoms with Crippen molar-refractivity contribution < 1.29 is 0 Å². The zero-order valence-electron chi connectivity index (χ0n) is 12.9. The van der Waals surface area contributed by atoms with E-state index in [0.29, 0.717) is 0 Å². The molecule has 1 aliphatic carbocycles. The Labute approximate surface area is 116 Å². The summed E-state index contributed by atoms with van der Waals surface area (Å²) < 4.78 is 0. The fourth-order valence-electron chi connectivity index (χ4n) is 2.50. The fourth-order valence-corrected chi connectivity index (χ4v) is 3.14. The smallest absolute Gasteiger partial charge is 0.0781 e. The molecule has 1 aliphatic rings. The minimum absolute atomic E-state index is 1.07. The van der Waals surface area contributed by atoms with E-state index >= 15 is 0 Å². The summed E-state index contributed by atoms with van der Waals surface area (Å²) in [7, 11) is -1.07. The van der Waals surface area contributed by atoms with E-state index in [9.17, 15) is 0 Å². The van der Waals surface area contributed by atoms with Crippen LogP contribution >= 0.6 is 0 Å². The van der Waals surface area contributed by atoms with Gasteiger partial charge in [-0.3, -0.25) is 0 Å². The van der Waals surface area contributed by atoms with Crippen molar-refractivity contribution in [2.24, 2.45) is 0 Å². The van der Waals surface area contributed by atoms with Crippen LogP contribution in [-0.4, -0.2) is 8.07 Å². The Kier molecular flexibility index (Phi) is 7.70. The summed E-state index contributed by atoms with van der Waals surface area (Å²) >= 11 is 0. The molecule has 0 nitrogen and oxygen atoms in total. The maximum absolute atomic E-state index is 3.67. The van der Waals surface area contributed by atoms with Gasteiger partial charge in [0.25, 0.3) is 0 Å². The molecule has 0 aliphatic heterocycles. The lowest BCUT2D eigenvalue weighted by Gasteiger charge is -2.10. The second-order valence-electron chi connectivity index (χ2n) is 6.94. The van der Waals surface area contributed by atoms with Gasteiger partial charge in [-0.1, -0.05) is 70.3 Å². The Hall–Kier alpha value is -0.263. The summed E-state index contributed by atoms with van der Waals surface area (Å²) in [6.45, 7) is 7.20. The molecule has 0 radical (unpaired) electrons. The van der Waals surface area contributed by atoms with Crippen LogP contribution in [0.25, 0.3) is 0 Å². The molecular formula is C17H32Si. The Morgan fingerprint density at radius 1 is 0.722 bits per heavy atom. The molecule has 0 bridgehead atoms. The quantitative estimate of drug-likeness (QED) is 0.388. The van der Waals surface area contributed by atoms with Crippen molar-refractivity contribution in [3.63, 3.8) is 0 Å². The summed E-state index contributed by atoms with van der Waals surface area (Å²) in [5.41, 5.74) is 7.69. The SMILES string of the molecule is C[Si](C)(C)C=C=C1CCCCCCCCCCC1. The van der Waals surface area contributed by atoms with Gasteiger partial charge in [0.1, 0.15) is 0 Å². The Balaban J connectivity index is 2.53. The molecule has 0 heterocycles. The Morgan fingerprint density at radius 3 is 1.50 bits per heavy atom. The monoisotopic (exact) mass is 264 g/mol. The van der Waals surface area contributed by atoms with Gasteiger partial charge in [0.05, 0.1) is 8.07 Å². The van der Waals surface area contributed by atoms with Crippen molar-refractivity contribution in [2.75, 3.05) is 0 Å². The largest absolute Gasteiger partial charge is 0.130 e. The third-order valence-electron chi connectivity index (χ3n) is 3.67. The minimum atomic E-state index is -1.07. The predicted molar refractivity (Wildman–Crippen MR) is 85.7 cm³/mol.